The van der Waals surface area contributed by atoms with E-state index < -0.39 is 5.97 Å². The largest absolute Gasteiger partial charge is 0.463 e. The molecule has 3 rings (SSSR count). The van der Waals surface area contributed by atoms with E-state index in [1.807, 2.05) is 12.1 Å². The number of carbonyl (C=O) groups excluding carboxylic acids is 1. The summed E-state index contributed by atoms with van der Waals surface area (Å²) < 4.78 is 10.1. The van der Waals surface area contributed by atoms with Crippen LogP contribution in [0.2, 0.25) is 5.02 Å². The Morgan fingerprint density at radius 2 is 2.05 bits per heavy atom. The second-order valence-corrected chi connectivity index (χ2v) is 5.94. The number of hydrogen-bond donors (Lipinski definition) is 1. The third-order valence-corrected chi connectivity index (χ3v) is 4.12. The average Bonchev–Trinajstić information content (AvgIpc) is 3.26. The second kappa shape index (κ2) is 6.55. The molecule has 0 bridgehead atoms. The van der Waals surface area contributed by atoms with Crippen LogP contribution in [0.4, 0.5) is 0 Å². The number of nitrogens with one attached hydrogen (secondary N) is 1. The molecule has 1 aliphatic rings. The number of esters is 1. The molecule has 1 saturated carbocycles. The second-order valence-electron chi connectivity index (χ2n) is 5.51. The van der Waals surface area contributed by atoms with Gasteiger partial charge < -0.3 is 14.5 Å². The Morgan fingerprint density at radius 1 is 1.32 bits per heavy atom. The van der Waals surface area contributed by atoms with Gasteiger partial charge in [-0.2, -0.15) is 0 Å². The van der Waals surface area contributed by atoms with Crippen LogP contribution in [-0.4, -0.2) is 13.1 Å². The first-order valence-corrected chi connectivity index (χ1v) is 7.71. The average molecular weight is 320 g/mol. The van der Waals surface area contributed by atoms with Gasteiger partial charge in [-0.3, -0.25) is 0 Å². The summed E-state index contributed by atoms with van der Waals surface area (Å²) in [6, 6.07) is 11.7. The van der Waals surface area contributed by atoms with Crippen LogP contribution in [0.1, 0.15) is 40.8 Å². The molecule has 1 heterocycles. The predicted octanol–water partition coefficient (Wildman–Crippen LogP) is 3.96. The van der Waals surface area contributed by atoms with Gasteiger partial charge in [-0.25, -0.2) is 4.79 Å². The third-order valence-electron chi connectivity index (χ3n) is 3.87. The lowest BCUT2D eigenvalue weighted by atomic mass is 10.0. The van der Waals surface area contributed by atoms with E-state index in [1.54, 1.807) is 12.1 Å². The van der Waals surface area contributed by atoms with E-state index in [0.29, 0.717) is 12.5 Å². The van der Waals surface area contributed by atoms with Crippen molar-refractivity contribution in [1.82, 2.24) is 5.32 Å². The number of carbonyl (C=O) groups is 1. The van der Waals surface area contributed by atoms with Crippen molar-refractivity contribution in [3.05, 3.63) is 58.5 Å². The number of furan rings is 1. The van der Waals surface area contributed by atoms with Crippen molar-refractivity contribution in [3.63, 3.8) is 0 Å². The SMILES string of the molecule is COC(=O)c1ccc(CN[C@@H](c2ccc(Cl)cc2)C2CC2)o1. The maximum atomic E-state index is 11.4. The molecule has 1 aliphatic carbocycles. The van der Waals surface area contributed by atoms with Crippen molar-refractivity contribution in [1.29, 1.82) is 0 Å². The predicted molar refractivity (Wildman–Crippen MR) is 83.8 cm³/mol. The number of rotatable bonds is 6. The summed E-state index contributed by atoms with van der Waals surface area (Å²) in [4.78, 5) is 11.4. The molecule has 0 aliphatic heterocycles. The summed E-state index contributed by atoms with van der Waals surface area (Å²) in [5.41, 5.74) is 1.23. The standard InChI is InChI=1S/C17H18ClNO3/c1-21-17(20)15-9-8-14(22-15)10-19-16(11-2-3-11)12-4-6-13(18)7-5-12/h4-9,11,16,19H,2-3,10H2,1H3/t16-/m1/s1. The molecule has 1 N–H and O–H groups in total. The van der Waals surface area contributed by atoms with Crippen LogP contribution in [0.5, 0.6) is 0 Å². The Balaban J connectivity index is 1.66. The fraction of sp³-hybridized carbons (Fsp3) is 0.353. The third kappa shape index (κ3) is 3.51. The molecule has 0 spiro atoms. The summed E-state index contributed by atoms with van der Waals surface area (Å²) in [6.07, 6.45) is 2.46. The monoisotopic (exact) mass is 319 g/mol. The molecule has 1 fully saturated rings. The molecule has 0 amide bonds. The van der Waals surface area contributed by atoms with Gasteiger partial charge in [0, 0.05) is 11.1 Å². The molecule has 22 heavy (non-hydrogen) atoms. The van der Waals surface area contributed by atoms with Gasteiger partial charge >= 0.3 is 5.97 Å². The maximum absolute atomic E-state index is 11.4. The van der Waals surface area contributed by atoms with Crippen LogP contribution in [0.3, 0.4) is 0 Å². The topological polar surface area (TPSA) is 51.5 Å². The van der Waals surface area contributed by atoms with Crippen LogP contribution in [-0.2, 0) is 11.3 Å². The molecule has 2 aromatic rings. The zero-order valence-electron chi connectivity index (χ0n) is 12.3. The van der Waals surface area contributed by atoms with Crippen molar-refractivity contribution >= 4 is 17.6 Å². The highest BCUT2D eigenvalue weighted by atomic mass is 35.5. The molecule has 4 nitrogen and oxygen atoms in total. The highest BCUT2D eigenvalue weighted by Gasteiger charge is 2.32. The smallest absolute Gasteiger partial charge is 0.373 e. The lowest BCUT2D eigenvalue weighted by Gasteiger charge is -2.18. The van der Waals surface area contributed by atoms with Gasteiger partial charge in [0.2, 0.25) is 5.76 Å². The van der Waals surface area contributed by atoms with Crippen molar-refractivity contribution in [3.8, 4) is 0 Å². The minimum absolute atomic E-state index is 0.230. The Labute approximate surface area is 134 Å². The van der Waals surface area contributed by atoms with Crippen LogP contribution in [0.15, 0.2) is 40.8 Å². The van der Waals surface area contributed by atoms with Gasteiger partial charge in [0.05, 0.1) is 13.7 Å². The molecule has 5 heteroatoms. The normalized spacial score (nSPS) is 15.5. The van der Waals surface area contributed by atoms with Crippen molar-refractivity contribution in [2.45, 2.75) is 25.4 Å². The molecule has 1 aromatic carbocycles. The fourth-order valence-electron chi connectivity index (χ4n) is 2.55. The van der Waals surface area contributed by atoms with Gasteiger partial charge in [0.25, 0.3) is 0 Å². The first kappa shape index (κ1) is 15.1. The maximum Gasteiger partial charge on any atom is 0.373 e. The van der Waals surface area contributed by atoms with Gasteiger partial charge in [0.15, 0.2) is 0 Å². The molecular formula is C17H18ClNO3. The van der Waals surface area contributed by atoms with E-state index in [2.05, 4.69) is 22.2 Å². The molecule has 1 atom stereocenters. The quantitative estimate of drug-likeness (QED) is 0.819. The number of benzene rings is 1. The summed E-state index contributed by atoms with van der Waals surface area (Å²) in [5, 5.41) is 4.26. The lowest BCUT2D eigenvalue weighted by Crippen LogP contribution is -2.22. The van der Waals surface area contributed by atoms with Crippen molar-refractivity contribution < 1.29 is 13.9 Å². The van der Waals surface area contributed by atoms with E-state index in [-0.39, 0.29) is 11.8 Å². The van der Waals surface area contributed by atoms with Crippen molar-refractivity contribution in [2.75, 3.05) is 7.11 Å². The van der Waals surface area contributed by atoms with E-state index in [4.69, 9.17) is 16.0 Å². The number of methoxy groups -OCH3 is 1. The first-order chi connectivity index (χ1) is 10.7. The zero-order chi connectivity index (χ0) is 15.5. The van der Waals surface area contributed by atoms with Crippen LogP contribution in [0.25, 0.3) is 0 Å². The van der Waals surface area contributed by atoms with Crippen LogP contribution in [0, 0.1) is 5.92 Å². The first-order valence-electron chi connectivity index (χ1n) is 7.33. The Hall–Kier alpha value is -1.78. The minimum Gasteiger partial charge on any atom is -0.463 e. The molecule has 0 saturated heterocycles. The summed E-state index contributed by atoms with van der Waals surface area (Å²) >= 11 is 5.95. The van der Waals surface area contributed by atoms with E-state index in [1.165, 1.54) is 25.5 Å². The molecule has 1 aromatic heterocycles. The zero-order valence-corrected chi connectivity index (χ0v) is 13.1. The number of hydrogen-bond acceptors (Lipinski definition) is 4. The lowest BCUT2D eigenvalue weighted by molar-refractivity contribution is 0.0562. The highest BCUT2D eigenvalue weighted by molar-refractivity contribution is 6.30. The molecule has 116 valence electrons. The van der Waals surface area contributed by atoms with Gasteiger partial charge in [-0.1, -0.05) is 23.7 Å². The summed E-state index contributed by atoms with van der Waals surface area (Å²) in [5.74, 6) is 1.15. The van der Waals surface area contributed by atoms with E-state index in [9.17, 15) is 4.79 Å². The molecule has 0 unspecified atom stereocenters. The summed E-state index contributed by atoms with van der Waals surface area (Å²) in [6.45, 7) is 0.570. The van der Waals surface area contributed by atoms with E-state index >= 15 is 0 Å². The number of ether oxygens (including phenoxy) is 1. The minimum atomic E-state index is -0.456. The number of halogens is 1. The molecular weight excluding hydrogens is 302 g/mol. The molecule has 0 radical (unpaired) electrons. The van der Waals surface area contributed by atoms with Gasteiger partial charge in [-0.15, -0.1) is 0 Å². The Bertz CT molecular complexity index is 646. The van der Waals surface area contributed by atoms with Crippen LogP contribution >= 0.6 is 11.6 Å². The Kier molecular flexibility index (Phi) is 4.50. The van der Waals surface area contributed by atoms with Crippen LogP contribution < -0.4 is 5.32 Å². The van der Waals surface area contributed by atoms with Gasteiger partial charge in [0.1, 0.15) is 5.76 Å². The fourth-order valence-corrected chi connectivity index (χ4v) is 2.68. The van der Waals surface area contributed by atoms with E-state index in [0.717, 1.165) is 10.8 Å². The summed E-state index contributed by atoms with van der Waals surface area (Å²) in [7, 11) is 1.34. The highest BCUT2D eigenvalue weighted by Crippen LogP contribution is 2.41. The Morgan fingerprint density at radius 3 is 2.68 bits per heavy atom. The van der Waals surface area contributed by atoms with Gasteiger partial charge in [-0.05, 0) is 48.6 Å². The van der Waals surface area contributed by atoms with Crippen molar-refractivity contribution in [2.24, 2.45) is 5.92 Å².